The fraction of sp³-hybridized carbons (Fsp3) is 0.900. The van der Waals surface area contributed by atoms with Crippen molar-refractivity contribution in [1.82, 2.24) is 0 Å². The van der Waals surface area contributed by atoms with E-state index in [4.69, 9.17) is 24.7 Å². The molecule has 0 aromatic carbocycles. The van der Waals surface area contributed by atoms with Crippen molar-refractivity contribution in [3.05, 3.63) is 10.7 Å². The van der Waals surface area contributed by atoms with Crippen LogP contribution in [-0.2, 0) is 18.9 Å². The van der Waals surface area contributed by atoms with Crippen LogP contribution in [-0.4, -0.2) is 111 Å². The molecule has 0 radical (unpaired) electrons. The van der Waals surface area contributed by atoms with Crippen LogP contribution in [0.5, 0.6) is 0 Å². The molecule has 2 fully saturated rings. The molecule has 0 amide bonds. The molecule has 11 nitrogen and oxygen atoms in total. The molecule has 4 aliphatic rings. The number of ether oxygens (including phenoxy) is 4. The average molecular weight is 480 g/mol. The third-order valence-electron chi connectivity index (χ3n) is 6.62. The highest BCUT2D eigenvalue weighted by Crippen LogP contribution is 2.47. The molecule has 4 unspecified atom stereocenters. The Labute approximate surface area is 190 Å². The van der Waals surface area contributed by atoms with Crippen molar-refractivity contribution in [3.63, 3.8) is 0 Å². The second kappa shape index (κ2) is 10.0. The highest BCUT2D eigenvalue weighted by Gasteiger charge is 2.55. The summed E-state index contributed by atoms with van der Waals surface area (Å²) in [7, 11) is 0. The lowest BCUT2D eigenvalue weighted by molar-refractivity contribution is -0.320. The van der Waals surface area contributed by atoms with Crippen LogP contribution >= 0.6 is 11.8 Å². The monoisotopic (exact) mass is 479 g/mol. The first-order valence-electron chi connectivity index (χ1n) is 11.0. The first kappa shape index (κ1) is 24.6. The van der Waals surface area contributed by atoms with Crippen molar-refractivity contribution in [1.29, 1.82) is 0 Å². The van der Waals surface area contributed by atoms with Crippen molar-refractivity contribution < 1.29 is 49.6 Å². The quantitative estimate of drug-likeness (QED) is 0.206. The van der Waals surface area contributed by atoms with Gasteiger partial charge in [-0.15, -0.1) is 11.8 Å². The van der Waals surface area contributed by atoms with Crippen molar-refractivity contribution >= 4 is 11.8 Å². The summed E-state index contributed by atoms with van der Waals surface area (Å²) in [6, 6.07) is 0. The largest absolute Gasteiger partial charge is 0.462 e. The molecule has 3 aliphatic heterocycles. The maximum atomic E-state index is 10.7. The Kier molecular flexibility index (Phi) is 7.69. The lowest BCUT2D eigenvalue weighted by Gasteiger charge is -2.50. The van der Waals surface area contributed by atoms with Crippen LogP contribution in [0.3, 0.4) is 0 Å². The van der Waals surface area contributed by atoms with Gasteiger partial charge in [0.1, 0.15) is 36.3 Å². The molecule has 1 saturated heterocycles. The molecule has 1 saturated carbocycles. The van der Waals surface area contributed by atoms with Gasteiger partial charge in [0.2, 0.25) is 5.79 Å². The normalized spacial score (nSPS) is 45.2. The van der Waals surface area contributed by atoms with Crippen molar-refractivity contribution in [2.75, 3.05) is 32.1 Å². The molecule has 8 N–H and O–H groups in total. The van der Waals surface area contributed by atoms with E-state index in [9.17, 15) is 30.6 Å². The summed E-state index contributed by atoms with van der Waals surface area (Å²) < 4.78 is 23.6. The first-order chi connectivity index (χ1) is 15.3. The second-order valence-electron chi connectivity index (χ2n) is 9.03. The summed E-state index contributed by atoms with van der Waals surface area (Å²) in [5.74, 6) is -0.282. The average Bonchev–Trinajstić information content (AvgIpc) is 2.76. The van der Waals surface area contributed by atoms with Crippen molar-refractivity contribution in [2.45, 2.75) is 68.0 Å². The van der Waals surface area contributed by atoms with Gasteiger partial charge in [-0.05, 0) is 31.2 Å². The van der Waals surface area contributed by atoms with Crippen molar-refractivity contribution in [2.24, 2.45) is 17.6 Å². The fourth-order valence-corrected chi connectivity index (χ4v) is 5.85. The number of thioether (sulfide) groups is 1. The molecular formula is C20H33NO10S. The van der Waals surface area contributed by atoms with E-state index in [-0.39, 0.29) is 17.9 Å². The topological polar surface area (TPSA) is 184 Å². The SMILES string of the molecule is NCC1CC(COC2OC(CO)C(O)C3=C2SC[C@]2(CC(O)[C@@H](O)[C@@H]([C@H](O)CO)O2)O3)C1. The van der Waals surface area contributed by atoms with Gasteiger partial charge in [0.25, 0.3) is 0 Å². The van der Waals surface area contributed by atoms with Crippen molar-refractivity contribution in [3.8, 4) is 0 Å². The maximum Gasteiger partial charge on any atom is 0.222 e. The van der Waals surface area contributed by atoms with Gasteiger partial charge in [0, 0.05) is 6.42 Å². The van der Waals surface area contributed by atoms with E-state index in [0.717, 1.165) is 12.8 Å². The Hall–Kier alpha value is -0.510. The lowest BCUT2D eigenvalue weighted by Crippen LogP contribution is -2.62. The molecular weight excluding hydrogens is 446 g/mol. The summed E-state index contributed by atoms with van der Waals surface area (Å²) in [6.45, 7) is -0.0326. The van der Waals surface area contributed by atoms with E-state index in [1.165, 1.54) is 11.8 Å². The van der Waals surface area contributed by atoms with E-state index in [0.29, 0.717) is 29.9 Å². The van der Waals surface area contributed by atoms with Crippen LogP contribution in [0, 0.1) is 11.8 Å². The Morgan fingerprint density at radius 3 is 2.59 bits per heavy atom. The zero-order valence-corrected chi connectivity index (χ0v) is 18.5. The Bertz CT molecular complexity index is 691. The predicted octanol–water partition coefficient (Wildman–Crippen LogP) is -2.40. The van der Waals surface area contributed by atoms with Gasteiger partial charge in [0.05, 0.1) is 36.6 Å². The zero-order chi connectivity index (χ0) is 23.0. The van der Waals surface area contributed by atoms with E-state index < -0.39 is 61.9 Å². The minimum Gasteiger partial charge on any atom is -0.462 e. The summed E-state index contributed by atoms with van der Waals surface area (Å²) in [5.41, 5.74) is 5.67. The lowest BCUT2D eigenvalue weighted by atomic mass is 9.75. The molecule has 0 aromatic heterocycles. The smallest absolute Gasteiger partial charge is 0.222 e. The predicted molar refractivity (Wildman–Crippen MR) is 111 cm³/mol. The Balaban J connectivity index is 1.51. The number of aliphatic hydroxyl groups is 6. The summed E-state index contributed by atoms with van der Waals surface area (Å²) in [5, 5.41) is 60.3. The van der Waals surface area contributed by atoms with Gasteiger partial charge < -0.3 is 55.3 Å². The molecule has 1 spiro atoms. The zero-order valence-electron chi connectivity index (χ0n) is 17.7. The molecule has 184 valence electrons. The fourth-order valence-electron chi connectivity index (χ4n) is 4.67. The van der Waals surface area contributed by atoms with Gasteiger partial charge in [0.15, 0.2) is 6.29 Å². The second-order valence-corrected chi connectivity index (χ2v) is 10.0. The third-order valence-corrected chi connectivity index (χ3v) is 7.91. The number of aliphatic hydroxyl groups excluding tert-OH is 6. The summed E-state index contributed by atoms with van der Waals surface area (Å²) in [6.07, 6.45) is -6.64. The molecule has 3 heterocycles. The van der Waals surface area contributed by atoms with Gasteiger partial charge in [-0.25, -0.2) is 0 Å². The van der Waals surface area contributed by atoms with Gasteiger partial charge in [-0.3, -0.25) is 0 Å². The van der Waals surface area contributed by atoms with E-state index in [1.807, 2.05) is 0 Å². The molecule has 4 rings (SSSR count). The Morgan fingerprint density at radius 2 is 1.94 bits per heavy atom. The van der Waals surface area contributed by atoms with Gasteiger partial charge in [-0.1, -0.05) is 0 Å². The number of hydrogen-bond donors (Lipinski definition) is 7. The van der Waals surface area contributed by atoms with Crippen LogP contribution in [0.4, 0.5) is 0 Å². The van der Waals surface area contributed by atoms with Crippen LogP contribution in [0.1, 0.15) is 19.3 Å². The highest BCUT2D eigenvalue weighted by molar-refractivity contribution is 8.03. The number of nitrogens with two attached hydrogens (primary N) is 1. The minimum atomic E-state index is -1.45. The van der Waals surface area contributed by atoms with E-state index in [1.54, 1.807) is 0 Å². The number of hydrogen-bond acceptors (Lipinski definition) is 12. The van der Waals surface area contributed by atoms with Crippen LogP contribution < -0.4 is 5.73 Å². The third kappa shape index (κ3) is 4.68. The van der Waals surface area contributed by atoms with E-state index >= 15 is 0 Å². The number of rotatable bonds is 7. The summed E-state index contributed by atoms with van der Waals surface area (Å²) >= 11 is 1.26. The van der Waals surface area contributed by atoms with E-state index in [2.05, 4.69) is 0 Å². The van der Waals surface area contributed by atoms with Crippen LogP contribution in [0.25, 0.3) is 0 Å². The molecule has 0 bridgehead atoms. The van der Waals surface area contributed by atoms with Crippen LogP contribution in [0.2, 0.25) is 0 Å². The molecule has 8 atom stereocenters. The Morgan fingerprint density at radius 1 is 1.19 bits per heavy atom. The van der Waals surface area contributed by atoms with Crippen LogP contribution in [0.15, 0.2) is 10.7 Å². The summed E-state index contributed by atoms with van der Waals surface area (Å²) in [4.78, 5) is 0.519. The molecule has 1 aliphatic carbocycles. The minimum absolute atomic E-state index is 0.113. The standard InChI is InChI=1S/C20H33NO10S/c21-4-9-1-10(2-9)7-28-19-18-17(15(27)13(6-23)29-19)31-20(8-32-18)3-11(24)14(26)16(30-20)12(25)5-22/h9-16,19,22-27H,1-8,21H2/t9?,10?,11?,12-,13?,14-,15?,16-,19?,20+/m1/s1. The molecule has 12 heteroatoms. The molecule has 32 heavy (non-hydrogen) atoms. The maximum absolute atomic E-state index is 10.7. The van der Waals surface area contributed by atoms with Gasteiger partial charge in [-0.2, -0.15) is 0 Å². The first-order valence-corrected chi connectivity index (χ1v) is 11.9. The highest BCUT2D eigenvalue weighted by atomic mass is 32.2. The van der Waals surface area contributed by atoms with Gasteiger partial charge >= 0.3 is 0 Å². The molecule has 0 aromatic rings.